The smallest absolute Gasteiger partial charge is 0.342 e. The zero-order valence-electron chi connectivity index (χ0n) is 9.30. The second-order valence-electron chi connectivity index (χ2n) is 3.90. The molecular formula is C14H9BrO3. The molecule has 0 aliphatic carbocycles. The maximum absolute atomic E-state index is 11.6. The van der Waals surface area contributed by atoms with Gasteiger partial charge in [-0.3, -0.25) is 0 Å². The molecule has 1 aliphatic heterocycles. The molecule has 0 N–H and O–H groups in total. The molecule has 3 rings (SSSR count). The minimum atomic E-state index is -0.664. The van der Waals surface area contributed by atoms with E-state index in [0.29, 0.717) is 11.3 Å². The molecule has 2 aromatic rings. The van der Waals surface area contributed by atoms with E-state index in [4.69, 9.17) is 9.47 Å². The SMILES string of the molecule is O=C1OC(Oc2cccc(Br)c2)c2ccccc21. The van der Waals surface area contributed by atoms with Gasteiger partial charge in [-0.15, -0.1) is 0 Å². The van der Waals surface area contributed by atoms with Crippen LogP contribution < -0.4 is 4.74 Å². The van der Waals surface area contributed by atoms with Gasteiger partial charge in [0.15, 0.2) is 0 Å². The molecule has 4 heteroatoms. The van der Waals surface area contributed by atoms with Crippen LogP contribution in [0.4, 0.5) is 0 Å². The van der Waals surface area contributed by atoms with Gasteiger partial charge in [-0.25, -0.2) is 4.79 Å². The van der Waals surface area contributed by atoms with E-state index in [0.717, 1.165) is 10.0 Å². The summed E-state index contributed by atoms with van der Waals surface area (Å²) in [5.41, 5.74) is 1.33. The maximum atomic E-state index is 11.6. The highest BCUT2D eigenvalue weighted by atomic mass is 79.9. The summed E-state index contributed by atoms with van der Waals surface area (Å²) in [4.78, 5) is 11.6. The van der Waals surface area contributed by atoms with Gasteiger partial charge >= 0.3 is 5.97 Å². The molecule has 0 bridgehead atoms. The number of fused-ring (bicyclic) bond motifs is 1. The lowest BCUT2D eigenvalue weighted by Crippen LogP contribution is -2.06. The third kappa shape index (κ3) is 1.99. The van der Waals surface area contributed by atoms with Crippen molar-refractivity contribution >= 4 is 21.9 Å². The van der Waals surface area contributed by atoms with Crippen LogP contribution in [0.5, 0.6) is 5.75 Å². The van der Waals surface area contributed by atoms with E-state index in [9.17, 15) is 4.79 Å². The first-order valence-electron chi connectivity index (χ1n) is 5.46. The Morgan fingerprint density at radius 1 is 1.11 bits per heavy atom. The van der Waals surface area contributed by atoms with Gasteiger partial charge in [0.2, 0.25) is 0 Å². The van der Waals surface area contributed by atoms with Gasteiger partial charge in [-0.2, -0.15) is 0 Å². The summed E-state index contributed by atoms with van der Waals surface area (Å²) in [7, 11) is 0. The highest BCUT2D eigenvalue weighted by Gasteiger charge is 2.32. The van der Waals surface area contributed by atoms with Crippen molar-refractivity contribution in [3.63, 3.8) is 0 Å². The van der Waals surface area contributed by atoms with E-state index in [1.54, 1.807) is 6.07 Å². The van der Waals surface area contributed by atoms with Crippen LogP contribution in [0, 0.1) is 0 Å². The average molecular weight is 305 g/mol. The fourth-order valence-electron chi connectivity index (χ4n) is 1.86. The van der Waals surface area contributed by atoms with Gasteiger partial charge in [-0.05, 0) is 24.3 Å². The van der Waals surface area contributed by atoms with Gasteiger partial charge < -0.3 is 9.47 Å². The topological polar surface area (TPSA) is 35.5 Å². The largest absolute Gasteiger partial charge is 0.450 e. The normalized spacial score (nSPS) is 17.2. The minimum Gasteiger partial charge on any atom is -0.450 e. The summed E-state index contributed by atoms with van der Waals surface area (Å²) in [5.74, 6) is 0.310. The molecular weight excluding hydrogens is 296 g/mol. The quantitative estimate of drug-likeness (QED) is 0.794. The Balaban J connectivity index is 1.90. The van der Waals surface area contributed by atoms with Crippen LogP contribution >= 0.6 is 15.9 Å². The lowest BCUT2D eigenvalue weighted by Gasteiger charge is -2.13. The Labute approximate surface area is 112 Å². The summed E-state index contributed by atoms with van der Waals surface area (Å²) >= 11 is 3.37. The third-order valence-electron chi connectivity index (χ3n) is 2.69. The predicted molar refractivity (Wildman–Crippen MR) is 69.4 cm³/mol. The Hall–Kier alpha value is -1.81. The Bertz CT molecular complexity index is 609. The number of hydrogen-bond donors (Lipinski definition) is 0. The first kappa shape index (κ1) is 11.3. The van der Waals surface area contributed by atoms with Gasteiger partial charge in [0.1, 0.15) is 5.75 Å². The van der Waals surface area contributed by atoms with E-state index < -0.39 is 6.29 Å². The van der Waals surface area contributed by atoms with Crippen molar-refractivity contribution < 1.29 is 14.3 Å². The van der Waals surface area contributed by atoms with E-state index >= 15 is 0 Å². The van der Waals surface area contributed by atoms with Gasteiger partial charge in [0.25, 0.3) is 6.29 Å². The molecule has 18 heavy (non-hydrogen) atoms. The van der Waals surface area contributed by atoms with Gasteiger partial charge in [0, 0.05) is 10.0 Å². The van der Waals surface area contributed by atoms with Crippen LogP contribution in [0.3, 0.4) is 0 Å². The lowest BCUT2D eigenvalue weighted by atomic mass is 10.1. The molecule has 1 atom stereocenters. The first-order chi connectivity index (χ1) is 8.74. The van der Waals surface area contributed by atoms with Crippen LogP contribution in [0.15, 0.2) is 53.0 Å². The summed E-state index contributed by atoms with van der Waals surface area (Å²) in [6.45, 7) is 0. The highest BCUT2D eigenvalue weighted by Crippen LogP contribution is 2.33. The number of esters is 1. The Morgan fingerprint density at radius 2 is 1.94 bits per heavy atom. The van der Waals surface area contributed by atoms with Crippen molar-refractivity contribution in [2.45, 2.75) is 6.29 Å². The van der Waals surface area contributed by atoms with Crippen LogP contribution in [0.2, 0.25) is 0 Å². The van der Waals surface area contributed by atoms with E-state index in [1.165, 1.54) is 0 Å². The van der Waals surface area contributed by atoms with Crippen molar-refractivity contribution in [2.75, 3.05) is 0 Å². The molecule has 3 nitrogen and oxygen atoms in total. The van der Waals surface area contributed by atoms with E-state index in [2.05, 4.69) is 15.9 Å². The van der Waals surface area contributed by atoms with Gasteiger partial charge in [-0.1, -0.05) is 40.2 Å². The Morgan fingerprint density at radius 3 is 2.78 bits per heavy atom. The molecule has 1 aliphatic rings. The van der Waals surface area contributed by atoms with Crippen molar-refractivity contribution in [2.24, 2.45) is 0 Å². The number of carbonyl (C=O) groups excluding carboxylic acids is 1. The molecule has 0 saturated carbocycles. The number of rotatable bonds is 2. The first-order valence-corrected chi connectivity index (χ1v) is 6.25. The monoisotopic (exact) mass is 304 g/mol. The third-order valence-corrected chi connectivity index (χ3v) is 3.18. The second kappa shape index (κ2) is 4.46. The second-order valence-corrected chi connectivity index (χ2v) is 4.82. The van der Waals surface area contributed by atoms with Crippen molar-refractivity contribution in [3.05, 3.63) is 64.1 Å². The van der Waals surface area contributed by atoms with Gasteiger partial charge in [0.05, 0.1) is 5.56 Å². The van der Waals surface area contributed by atoms with Crippen LogP contribution in [0.25, 0.3) is 0 Å². The number of hydrogen-bond acceptors (Lipinski definition) is 3. The average Bonchev–Trinajstić information content (AvgIpc) is 2.67. The lowest BCUT2D eigenvalue weighted by molar-refractivity contribution is -0.0382. The number of cyclic esters (lactones) is 1. The summed E-state index contributed by atoms with van der Waals surface area (Å²) < 4.78 is 11.8. The van der Waals surface area contributed by atoms with Crippen LogP contribution in [-0.2, 0) is 4.74 Å². The molecule has 1 heterocycles. The minimum absolute atomic E-state index is 0.342. The Kier molecular flexibility index (Phi) is 2.80. The summed E-state index contributed by atoms with van der Waals surface area (Å²) in [6.07, 6.45) is -0.664. The van der Waals surface area contributed by atoms with Crippen LogP contribution in [-0.4, -0.2) is 5.97 Å². The highest BCUT2D eigenvalue weighted by molar-refractivity contribution is 9.10. The van der Waals surface area contributed by atoms with E-state index in [1.807, 2.05) is 42.5 Å². The van der Waals surface area contributed by atoms with Crippen LogP contribution in [0.1, 0.15) is 22.2 Å². The van der Waals surface area contributed by atoms with Crippen molar-refractivity contribution in [3.8, 4) is 5.75 Å². The molecule has 0 amide bonds. The number of halogens is 1. The fourth-order valence-corrected chi connectivity index (χ4v) is 2.24. The maximum Gasteiger partial charge on any atom is 0.342 e. The fraction of sp³-hybridized carbons (Fsp3) is 0.0714. The number of carbonyl (C=O) groups is 1. The summed E-state index contributed by atoms with van der Waals surface area (Å²) in [6, 6.07) is 14.7. The molecule has 2 aromatic carbocycles. The van der Waals surface area contributed by atoms with Crippen molar-refractivity contribution in [1.29, 1.82) is 0 Å². The molecule has 0 radical (unpaired) electrons. The molecule has 1 unspecified atom stereocenters. The zero-order valence-corrected chi connectivity index (χ0v) is 10.9. The molecule has 0 aromatic heterocycles. The molecule has 90 valence electrons. The predicted octanol–water partition coefficient (Wildman–Crippen LogP) is 3.70. The number of ether oxygens (including phenoxy) is 2. The zero-order chi connectivity index (χ0) is 12.5. The molecule has 0 saturated heterocycles. The standard InChI is InChI=1S/C14H9BrO3/c15-9-4-3-5-10(8-9)17-14-12-7-2-1-6-11(12)13(16)18-14/h1-8,14H. The van der Waals surface area contributed by atoms with Crippen molar-refractivity contribution in [1.82, 2.24) is 0 Å². The summed E-state index contributed by atoms with van der Waals surface area (Å²) in [5, 5.41) is 0. The molecule has 0 fully saturated rings. The van der Waals surface area contributed by atoms with E-state index in [-0.39, 0.29) is 5.97 Å². The molecule has 0 spiro atoms. The number of benzene rings is 2.